The molecule has 1 heterocycles. The van der Waals surface area contributed by atoms with Crippen molar-refractivity contribution in [2.75, 3.05) is 12.4 Å². The number of hydrogen-bond acceptors (Lipinski definition) is 4. The van der Waals surface area contributed by atoms with Crippen LogP contribution in [0.15, 0.2) is 36.7 Å². The smallest absolute Gasteiger partial charge is 0.272 e. The molecule has 0 bridgehead atoms. The Labute approximate surface area is 122 Å². The Morgan fingerprint density at radius 2 is 1.95 bits per heavy atom. The Bertz CT molecular complexity index is 600. The van der Waals surface area contributed by atoms with Crippen LogP contribution in [0.1, 0.15) is 29.0 Å². The number of amides is 1. The van der Waals surface area contributed by atoms with Gasteiger partial charge in [-0.3, -0.25) is 9.78 Å². The summed E-state index contributed by atoms with van der Waals surface area (Å²) in [6.07, 6.45) is 2.99. The number of nitrogens with one attached hydrogen (secondary N) is 2. The number of carbonyl (C=O) groups excluding carboxylic acids is 1. The van der Waals surface area contributed by atoms with Crippen molar-refractivity contribution >= 4 is 23.3 Å². The summed E-state index contributed by atoms with van der Waals surface area (Å²) in [6.45, 7) is 1.90. The molecule has 5 nitrogen and oxygen atoms in total. The number of halogens is 1. The molecule has 0 aliphatic carbocycles. The minimum Gasteiger partial charge on any atom is -0.372 e. The van der Waals surface area contributed by atoms with Crippen LogP contribution < -0.4 is 10.6 Å². The molecule has 1 aromatic carbocycles. The summed E-state index contributed by atoms with van der Waals surface area (Å²) >= 11 is 5.84. The second-order valence-corrected chi connectivity index (χ2v) is 4.72. The van der Waals surface area contributed by atoms with Crippen molar-refractivity contribution in [2.45, 2.75) is 13.0 Å². The summed E-state index contributed by atoms with van der Waals surface area (Å²) in [4.78, 5) is 20.2. The Kier molecular flexibility index (Phi) is 4.53. The van der Waals surface area contributed by atoms with Gasteiger partial charge in [0.25, 0.3) is 5.91 Å². The molecule has 2 rings (SSSR count). The normalized spacial score (nSPS) is 11.8. The average molecular weight is 291 g/mol. The van der Waals surface area contributed by atoms with Crippen molar-refractivity contribution in [1.29, 1.82) is 0 Å². The molecule has 0 spiro atoms. The quantitative estimate of drug-likeness (QED) is 0.908. The lowest BCUT2D eigenvalue weighted by molar-refractivity contribution is 0.0934. The minimum atomic E-state index is -0.267. The Balaban J connectivity index is 2.08. The Morgan fingerprint density at radius 1 is 1.25 bits per heavy atom. The van der Waals surface area contributed by atoms with E-state index in [-0.39, 0.29) is 17.6 Å². The van der Waals surface area contributed by atoms with Crippen molar-refractivity contribution < 1.29 is 4.79 Å². The molecule has 104 valence electrons. The van der Waals surface area contributed by atoms with Crippen LogP contribution in [0, 0.1) is 0 Å². The van der Waals surface area contributed by atoms with Gasteiger partial charge in [0.15, 0.2) is 0 Å². The van der Waals surface area contributed by atoms with E-state index in [2.05, 4.69) is 20.6 Å². The zero-order chi connectivity index (χ0) is 14.5. The molecule has 0 aliphatic heterocycles. The van der Waals surface area contributed by atoms with Gasteiger partial charge in [-0.1, -0.05) is 23.7 Å². The topological polar surface area (TPSA) is 66.9 Å². The second-order valence-electron chi connectivity index (χ2n) is 4.29. The number of nitrogens with zero attached hydrogens (tertiary/aromatic N) is 2. The summed E-state index contributed by atoms with van der Waals surface area (Å²) in [5.41, 5.74) is 1.25. The highest BCUT2D eigenvalue weighted by molar-refractivity contribution is 6.30. The fourth-order valence-corrected chi connectivity index (χ4v) is 1.83. The van der Waals surface area contributed by atoms with Crippen molar-refractivity contribution in [3.63, 3.8) is 0 Å². The number of anilines is 1. The van der Waals surface area contributed by atoms with Crippen LogP contribution in [-0.2, 0) is 0 Å². The van der Waals surface area contributed by atoms with Gasteiger partial charge in [0, 0.05) is 12.1 Å². The highest BCUT2D eigenvalue weighted by atomic mass is 35.5. The number of benzene rings is 1. The molecule has 0 aliphatic rings. The lowest BCUT2D eigenvalue weighted by Gasteiger charge is -2.14. The van der Waals surface area contributed by atoms with Crippen molar-refractivity contribution in [3.05, 3.63) is 52.9 Å². The van der Waals surface area contributed by atoms with Gasteiger partial charge in [0.2, 0.25) is 0 Å². The monoisotopic (exact) mass is 290 g/mol. The summed E-state index contributed by atoms with van der Waals surface area (Å²) in [5.74, 6) is 0.286. The third kappa shape index (κ3) is 3.45. The molecule has 0 fully saturated rings. The number of rotatable bonds is 4. The fourth-order valence-electron chi connectivity index (χ4n) is 1.70. The maximum atomic E-state index is 12.1. The molecule has 1 amide bonds. The van der Waals surface area contributed by atoms with E-state index >= 15 is 0 Å². The maximum Gasteiger partial charge on any atom is 0.272 e. The molecule has 2 N–H and O–H groups in total. The fraction of sp³-hybridized carbons (Fsp3) is 0.214. The van der Waals surface area contributed by atoms with Gasteiger partial charge in [-0.15, -0.1) is 0 Å². The largest absolute Gasteiger partial charge is 0.372 e. The van der Waals surface area contributed by atoms with Gasteiger partial charge in [-0.25, -0.2) is 4.98 Å². The summed E-state index contributed by atoms with van der Waals surface area (Å²) < 4.78 is 0. The molecule has 1 atom stereocenters. The zero-order valence-corrected chi connectivity index (χ0v) is 12.0. The van der Waals surface area contributed by atoms with Crippen molar-refractivity contribution in [2.24, 2.45) is 0 Å². The Hall–Kier alpha value is -2.14. The molecule has 20 heavy (non-hydrogen) atoms. The summed E-state index contributed by atoms with van der Waals surface area (Å²) in [7, 11) is 1.72. The van der Waals surface area contributed by atoms with E-state index in [4.69, 9.17) is 11.6 Å². The van der Waals surface area contributed by atoms with Gasteiger partial charge in [-0.2, -0.15) is 0 Å². The van der Waals surface area contributed by atoms with Crippen molar-refractivity contribution in [1.82, 2.24) is 15.3 Å². The summed E-state index contributed by atoms with van der Waals surface area (Å²) in [6, 6.07) is 7.20. The van der Waals surface area contributed by atoms with E-state index in [1.165, 1.54) is 6.20 Å². The van der Waals surface area contributed by atoms with E-state index in [0.717, 1.165) is 5.56 Å². The van der Waals surface area contributed by atoms with E-state index in [9.17, 15) is 4.79 Å². The third-order valence-corrected chi connectivity index (χ3v) is 3.09. The Morgan fingerprint density at radius 3 is 2.60 bits per heavy atom. The van der Waals surface area contributed by atoms with Crippen LogP contribution in [0.4, 0.5) is 5.82 Å². The first-order valence-corrected chi connectivity index (χ1v) is 6.54. The standard InChI is InChI=1S/C14H15ClN4O/c1-9(10-3-5-11(15)6-4-10)18-14(20)12-7-17-8-13(16-2)19-12/h3-9H,1-2H3,(H,16,19)(H,18,20). The average Bonchev–Trinajstić information content (AvgIpc) is 2.47. The molecule has 0 radical (unpaired) electrons. The van der Waals surface area contributed by atoms with Crippen LogP contribution >= 0.6 is 11.6 Å². The number of aromatic nitrogens is 2. The lowest BCUT2D eigenvalue weighted by atomic mass is 10.1. The van der Waals surface area contributed by atoms with Gasteiger partial charge >= 0.3 is 0 Å². The highest BCUT2D eigenvalue weighted by Crippen LogP contribution is 2.16. The summed E-state index contributed by atoms with van der Waals surface area (Å²) in [5, 5.41) is 6.38. The van der Waals surface area contributed by atoms with Crippen LogP contribution in [0.2, 0.25) is 5.02 Å². The van der Waals surface area contributed by atoms with Gasteiger partial charge in [0.05, 0.1) is 18.4 Å². The first-order chi connectivity index (χ1) is 9.60. The molecule has 0 saturated heterocycles. The van der Waals surface area contributed by atoms with E-state index in [1.807, 2.05) is 19.1 Å². The van der Waals surface area contributed by atoms with Crippen LogP contribution in [0.25, 0.3) is 0 Å². The predicted molar refractivity (Wildman–Crippen MR) is 78.9 cm³/mol. The first kappa shape index (κ1) is 14.3. The maximum absolute atomic E-state index is 12.1. The van der Waals surface area contributed by atoms with Gasteiger partial charge in [-0.05, 0) is 24.6 Å². The molecular weight excluding hydrogens is 276 g/mol. The zero-order valence-electron chi connectivity index (χ0n) is 11.2. The molecule has 2 aromatic rings. The van der Waals surface area contributed by atoms with Gasteiger partial charge in [0.1, 0.15) is 11.5 Å². The first-order valence-electron chi connectivity index (χ1n) is 6.16. The number of carbonyl (C=O) groups is 1. The van der Waals surface area contributed by atoms with Crippen LogP contribution in [-0.4, -0.2) is 22.9 Å². The lowest BCUT2D eigenvalue weighted by Crippen LogP contribution is -2.27. The van der Waals surface area contributed by atoms with Crippen molar-refractivity contribution in [3.8, 4) is 0 Å². The molecule has 1 unspecified atom stereocenters. The van der Waals surface area contributed by atoms with E-state index in [0.29, 0.717) is 10.8 Å². The minimum absolute atomic E-state index is 0.139. The number of hydrogen-bond donors (Lipinski definition) is 2. The van der Waals surface area contributed by atoms with E-state index in [1.54, 1.807) is 25.4 Å². The van der Waals surface area contributed by atoms with E-state index < -0.39 is 0 Å². The van der Waals surface area contributed by atoms with Gasteiger partial charge < -0.3 is 10.6 Å². The SMILES string of the molecule is CNc1cncc(C(=O)NC(C)c2ccc(Cl)cc2)n1. The molecule has 1 aromatic heterocycles. The third-order valence-electron chi connectivity index (χ3n) is 2.84. The van der Waals surface area contributed by atoms with Crippen LogP contribution in [0.3, 0.4) is 0 Å². The predicted octanol–water partition coefficient (Wildman–Crippen LogP) is 2.66. The molecular formula is C14H15ClN4O. The highest BCUT2D eigenvalue weighted by Gasteiger charge is 2.13. The van der Waals surface area contributed by atoms with Crippen LogP contribution in [0.5, 0.6) is 0 Å². The molecule has 0 saturated carbocycles. The molecule has 6 heteroatoms. The second kappa shape index (κ2) is 6.34.